The van der Waals surface area contributed by atoms with Gasteiger partial charge in [-0.3, -0.25) is 0 Å². The molecule has 0 radical (unpaired) electrons. The molecule has 2 heterocycles. The summed E-state index contributed by atoms with van der Waals surface area (Å²) >= 11 is 0. The van der Waals surface area contributed by atoms with Crippen LogP contribution in [0.25, 0.3) is 22.1 Å². The van der Waals surface area contributed by atoms with Gasteiger partial charge in [-0.15, -0.1) is 0 Å². The van der Waals surface area contributed by atoms with Gasteiger partial charge in [-0.05, 0) is 150 Å². The van der Waals surface area contributed by atoms with Gasteiger partial charge in [0.05, 0.1) is 62.7 Å². The van der Waals surface area contributed by atoms with Gasteiger partial charge in [-0.25, -0.2) is 19.6 Å². The molecule has 0 aliphatic heterocycles. The first-order chi connectivity index (χ1) is 33.2. The van der Waals surface area contributed by atoms with Crippen molar-refractivity contribution in [3.63, 3.8) is 0 Å². The molecule has 2 N–H and O–H groups in total. The van der Waals surface area contributed by atoms with Crippen LogP contribution in [0, 0.1) is 22.7 Å². The predicted octanol–water partition coefficient (Wildman–Crippen LogP) is 13.5. The number of hydrogen-bond acceptors (Lipinski definition) is 12. The second kappa shape index (κ2) is 21.3. The normalized spacial score (nSPS) is 19.5. The molecule has 2 aromatic heterocycles. The zero-order valence-electron chi connectivity index (χ0n) is 43.7. The van der Waals surface area contributed by atoms with Gasteiger partial charge < -0.3 is 48.2 Å². The average molecular weight is 959 g/mol. The van der Waals surface area contributed by atoms with Crippen molar-refractivity contribution in [3.8, 4) is 23.0 Å². The van der Waals surface area contributed by atoms with E-state index in [-0.39, 0.29) is 35.1 Å². The quantitative estimate of drug-likeness (QED) is 0.100. The molecule has 70 heavy (non-hydrogen) atoms. The van der Waals surface area contributed by atoms with Crippen LogP contribution in [-0.2, 0) is 9.47 Å². The Morgan fingerprint density at radius 2 is 0.929 bits per heavy atom. The fourth-order valence-electron chi connectivity index (χ4n) is 11.1. The minimum absolute atomic E-state index is 0.119. The summed E-state index contributed by atoms with van der Waals surface area (Å²) < 4.78 is 37.3. The number of rotatable bonds is 14. The standard InChI is InChI=1S/2C28H37N3O4/c2*1-17(2)35-21-10-8-19(9-11-21)29-27-30-23-13-22(26(32)34-7)25(33-6)14-24(23)31(27)20-12-18(3)15-28(4,5)16-20/h2*8-11,13-14,17-18,20H,12,15-16H2,1-7H3,(H,29,30)/t2*18-,20+/m10/s1. The van der Waals surface area contributed by atoms with Crippen LogP contribution < -0.4 is 29.6 Å². The number of benzene rings is 4. The molecule has 2 aliphatic carbocycles. The second-order valence-electron chi connectivity index (χ2n) is 21.4. The third-order valence-electron chi connectivity index (χ3n) is 13.3. The van der Waals surface area contributed by atoms with E-state index >= 15 is 0 Å². The molecule has 376 valence electrons. The van der Waals surface area contributed by atoms with Gasteiger partial charge in [0, 0.05) is 35.6 Å². The van der Waals surface area contributed by atoms with E-state index < -0.39 is 11.9 Å². The number of aromatic nitrogens is 4. The van der Waals surface area contributed by atoms with E-state index in [0.717, 1.165) is 82.5 Å². The van der Waals surface area contributed by atoms with E-state index in [4.69, 9.17) is 38.4 Å². The zero-order valence-corrected chi connectivity index (χ0v) is 43.7. The highest BCUT2D eigenvalue weighted by Gasteiger charge is 2.37. The Hall–Kier alpha value is -6.44. The maximum Gasteiger partial charge on any atom is 0.341 e. The first kappa shape index (κ1) is 51.4. The number of methoxy groups -OCH3 is 4. The molecule has 2 saturated carbocycles. The molecule has 8 rings (SSSR count). The fraction of sp³-hybridized carbons (Fsp3) is 0.500. The Morgan fingerprint density at radius 1 is 0.571 bits per heavy atom. The number of carbonyl (C=O) groups is 2. The minimum atomic E-state index is -0.444. The molecule has 6 aromatic rings. The number of esters is 2. The van der Waals surface area contributed by atoms with Crippen LogP contribution in [0.4, 0.5) is 23.3 Å². The number of nitrogens with zero attached hydrogens (tertiary/aromatic N) is 4. The summed E-state index contributed by atoms with van der Waals surface area (Å²) in [4.78, 5) is 34.7. The van der Waals surface area contributed by atoms with E-state index in [2.05, 4.69) is 61.3 Å². The SMILES string of the molecule is COC(=O)c1cc2nc(Nc3ccc(OC(C)C)cc3)n([C@@H]3C[C@H](C)CC(C)(C)C3)c2cc1OC.COC(=O)c1cc2nc(Nc3ccc(OC(C)C)cc3)n([C@H]3C[C@@H](C)CC(C)(C)C3)c2cc1OC. The van der Waals surface area contributed by atoms with E-state index in [1.807, 2.05) is 88.4 Å². The maximum atomic E-state index is 12.4. The molecule has 0 saturated heterocycles. The molecule has 2 fully saturated rings. The zero-order chi connectivity index (χ0) is 50.7. The van der Waals surface area contributed by atoms with Crippen molar-refractivity contribution in [3.05, 3.63) is 83.9 Å². The monoisotopic (exact) mass is 959 g/mol. The third kappa shape index (κ3) is 11.9. The molecule has 0 spiro atoms. The number of ether oxygens (including phenoxy) is 6. The van der Waals surface area contributed by atoms with Crippen molar-refractivity contribution >= 4 is 57.3 Å². The highest BCUT2D eigenvalue weighted by molar-refractivity contribution is 5.98. The number of fused-ring (bicyclic) bond motifs is 2. The van der Waals surface area contributed by atoms with Gasteiger partial charge in [-0.1, -0.05) is 41.5 Å². The fourth-order valence-corrected chi connectivity index (χ4v) is 11.1. The number of carbonyl (C=O) groups excluding carboxylic acids is 2. The van der Waals surface area contributed by atoms with Gasteiger partial charge >= 0.3 is 11.9 Å². The van der Waals surface area contributed by atoms with Crippen LogP contribution in [0.1, 0.15) is 141 Å². The Balaban J connectivity index is 0.000000206. The van der Waals surface area contributed by atoms with Crippen LogP contribution in [-0.4, -0.2) is 71.7 Å². The van der Waals surface area contributed by atoms with Crippen LogP contribution >= 0.6 is 0 Å². The van der Waals surface area contributed by atoms with Crippen molar-refractivity contribution < 1.29 is 38.0 Å². The van der Waals surface area contributed by atoms with E-state index in [1.54, 1.807) is 26.4 Å². The predicted molar refractivity (Wildman–Crippen MR) is 278 cm³/mol. The maximum absolute atomic E-state index is 12.4. The lowest BCUT2D eigenvalue weighted by Gasteiger charge is -2.40. The largest absolute Gasteiger partial charge is 0.496 e. The molecule has 14 heteroatoms. The number of anilines is 4. The molecule has 2 aliphatic rings. The van der Waals surface area contributed by atoms with Crippen molar-refractivity contribution in [2.24, 2.45) is 22.7 Å². The number of hydrogen-bond donors (Lipinski definition) is 2. The van der Waals surface area contributed by atoms with E-state index in [0.29, 0.717) is 34.5 Å². The first-order valence-corrected chi connectivity index (χ1v) is 24.6. The van der Waals surface area contributed by atoms with Crippen molar-refractivity contribution in [2.45, 2.75) is 132 Å². The minimum Gasteiger partial charge on any atom is -0.496 e. The molecule has 14 nitrogen and oxygen atoms in total. The van der Waals surface area contributed by atoms with Gasteiger partial charge in [-0.2, -0.15) is 0 Å². The van der Waals surface area contributed by atoms with Gasteiger partial charge in [0.2, 0.25) is 11.9 Å². The van der Waals surface area contributed by atoms with Gasteiger partial charge in [0.15, 0.2) is 0 Å². The van der Waals surface area contributed by atoms with Crippen molar-refractivity contribution in [2.75, 3.05) is 39.1 Å². The highest BCUT2D eigenvalue weighted by atomic mass is 16.5. The number of imidazole rings is 2. The summed E-state index contributed by atoms with van der Waals surface area (Å²) in [6.45, 7) is 22.0. The van der Waals surface area contributed by atoms with Crippen molar-refractivity contribution in [1.82, 2.24) is 19.1 Å². The number of nitrogens with one attached hydrogen (secondary N) is 2. The third-order valence-corrected chi connectivity index (χ3v) is 13.3. The Bertz CT molecular complexity index is 2580. The van der Waals surface area contributed by atoms with E-state index in [9.17, 15) is 9.59 Å². The summed E-state index contributed by atoms with van der Waals surface area (Å²) in [6, 6.07) is 23.7. The smallest absolute Gasteiger partial charge is 0.341 e. The molecule has 0 unspecified atom stereocenters. The first-order valence-electron chi connectivity index (χ1n) is 24.6. The summed E-state index contributed by atoms with van der Waals surface area (Å²) in [5, 5.41) is 7.04. The molecule has 4 atom stereocenters. The lowest BCUT2D eigenvalue weighted by Crippen LogP contribution is -2.29. The molecule has 0 bridgehead atoms. The Labute approximate surface area is 413 Å². The van der Waals surface area contributed by atoms with Gasteiger partial charge in [0.25, 0.3) is 0 Å². The highest BCUT2D eigenvalue weighted by Crippen LogP contribution is 2.48. The Kier molecular flexibility index (Phi) is 15.6. The Morgan fingerprint density at radius 3 is 1.23 bits per heavy atom. The molecular weight excluding hydrogens is 885 g/mol. The summed E-state index contributed by atoms with van der Waals surface area (Å²) in [6.07, 6.45) is 6.84. The summed E-state index contributed by atoms with van der Waals surface area (Å²) in [7, 11) is 5.88. The molecule has 4 aromatic carbocycles. The van der Waals surface area contributed by atoms with Gasteiger partial charge in [0.1, 0.15) is 34.1 Å². The summed E-state index contributed by atoms with van der Waals surface area (Å²) in [5.41, 5.74) is 6.34. The van der Waals surface area contributed by atoms with Crippen molar-refractivity contribution in [1.29, 1.82) is 0 Å². The lowest BCUT2D eigenvalue weighted by atomic mass is 9.70. The van der Waals surface area contributed by atoms with Crippen LogP contribution in [0.15, 0.2) is 72.8 Å². The lowest BCUT2D eigenvalue weighted by molar-refractivity contribution is 0.0588. The molecule has 0 amide bonds. The van der Waals surface area contributed by atoms with E-state index in [1.165, 1.54) is 27.1 Å². The van der Waals surface area contributed by atoms with Crippen LogP contribution in [0.5, 0.6) is 23.0 Å². The summed E-state index contributed by atoms with van der Waals surface area (Å²) in [5.74, 6) is 4.42. The molecular formula is C56H74N6O8. The second-order valence-corrected chi connectivity index (χ2v) is 21.4. The van der Waals surface area contributed by atoms with Crippen LogP contribution in [0.3, 0.4) is 0 Å². The topological polar surface area (TPSA) is 149 Å². The van der Waals surface area contributed by atoms with Crippen LogP contribution in [0.2, 0.25) is 0 Å². The average Bonchev–Trinajstić information content (AvgIpc) is 3.83.